The van der Waals surface area contributed by atoms with Crippen LogP contribution in [0.3, 0.4) is 0 Å². The molecule has 1 N–H and O–H groups in total. The van der Waals surface area contributed by atoms with E-state index in [9.17, 15) is 9.59 Å². The lowest BCUT2D eigenvalue weighted by Gasteiger charge is -2.18. The zero-order chi connectivity index (χ0) is 18.0. The molecule has 1 fully saturated rings. The highest BCUT2D eigenvalue weighted by Gasteiger charge is 2.36. The molecule has 2 amide bonds. The number of anilines is 2. The van der Waals surface area contributed by atoms with Gasteiger partial charge in [0.15, 0.2) is 0 Å². The van der Waals surface area contributed by atoms with Crippen molar-refractivity contribution >= 4 is 46.4 Å². The van der Waals surface area contributed by atoms with Crippen LogP contribution in [-0.2, 0) is 16.0 Å². The fraction of sp³-hybridized carbons (Fsp3) is 0.263. The minimum Gasteiger partial charge on any atom is -0.326 e. The summed E-state index contributed by atoms with van der Waals surface area (Å²) in [6.07, 6.45) is 1.10. The number of amides is 2. The first-order valence-corrected chi connectivity index (χ1v) is 8.89. The predicted molar refractivity (Wildman–Crippen MR) is 101 cm³/mol. The van der Waals surface area contributed by atoms with Gasteiger partial charge < -0.3 is 10.2 Å². The molecule has 2 aromatic carbocycles. The van der Waals surface area contributed by atoms with Gasteiger partial charge in [0, 0.05) is 18.7 Å². The van der Waals surface area contributed by atoms with E-state index >= 15 is 0 Å². The fourth-order valence-corrected chi connectivity index (χ4v) is 3.28. The maximum absolute atomic E-state index is 12.5. The number of carbonyl (C=O) groups excluding carboxylic acids is 2. The van der Waals surface area contributed by atoms with Gasteiger partial charge in [-0.3, -0.25) is 9.59 Å². The van der Waals surface area contributed by atoms with E-state index in [0.29, 0.717) is 15.7 Å². The lowest BCUT2D eigenvalue weighted by Crippen LogP contribution is -2.28. The van der Waals surface area contributed by atoms with Crippen LogP contribution in [0.1, 0.15) is 18.9 Å². The minimum atomic E-state index is -0.423. The van der Waals surface area contributed by atoms with Gasteiger partial charge in [0.25, 0.3) is 0 Å². The van der Waals surface area contributed by atoms with Crippen molar-refractivity contribution in [2.45, 2.75) is 19.8 Å². The van der Waals surface area contributed by atoms with Gasteiger partial charge in [0.05, 0.1) is 21.7 Å². The SMILES string of the molecule is CCc1ccc(NC(=O)[C@@H]2CC(=O)N(c3cccc(Cl)c3Cl)C2)cc1. The van der Waals surface area contributed by atoms with E-state index in [4.69, 9.17) is 23.2 Å². The molecule has 0 aliphatic carbocycles. The van der Waals surface area contributed by atoms with E-state index < -0.39 is 5.92 Å². The highest BCUT2D eigenvalue weighted by Crippen LogP contribution is 2.35. The van der Waals surface area contributed by atoms with Crippen molar-refractivity contribution in [3.63, 3.8) is 0 Å². The predicted octanol–water partition coefficient (Wildman–Crippen LogP) is 4.55. The molecule has 0 radical (unpaired) electrons. The van der Waals surface area contributed by atoms with Crippen molar-refractivity contribution in [1.82, 2.24) is 0 Å². The summed E-state index contributed by atoms with van der Waals surface area (Å²) in [6, 6.07) is 12.8. The number of halogens is 2. The maximum Gasteiger partial charge on any atom is 0.229 e. The van der Waals surface area contributed by atoms with Crippen LogP contribution >= 0.6 is 23.2 Å². The van der Waals surface area contributed by atoms with Crippen LogP contribution in [-0.4, -0.2) is 18.4 Å². The normalized spacial score (nSPS) is 17.0. The Hall–Kier alpha value is -2.04. The number of hydrogen-bond acceptors (Lipinski definition) is 2. The van der Waals surface area contributed by atoms with Crippen LogP contribution in [0, 0.1) is 5.92 Å². The molecule has 0 spiro atoms. The molecule has 130 valence electrons. The number of aryl methyl sites for hydroxylation is 1. The van der Waals surface area contributed by atoms with Gasteiger partial charge in [0.2, 0.25) is 11.8 Å². The number of rotatable bonds is 4. The Bertz CT molecular complexity index is 806. The van der Waals surface area contributed by atoms with E-state index in [1.165, 1.54) is 10.5 Å². The van der Waals surface area contributed by atoms with Gasteiger partial charge >= 0.3 is 0 Å². The molecule has 0 saturated carbocycles. The van der Waals surface area contributed by atoms with Crippen molar-refractivity contribution in [2.75, 3.05) is 16.8 Å². The molecule has 3 rings (SSSR count). The highest BCUT2D eigenvalue weighted by atomic mass is 35.5. The van der Waals surface area contributed by atoms with Crippen LogP contribution < -0.4 is 10.2 Å². The standard InChI is InChI=1S/C19H18Cl2N2O2/c1-2-12-6-8-14(9-7-12)22-19(25)13-10-17(24)23(11-13)16-5-3-4-15(20)18(16)21/h3-9,13H,2,10-11H2,1H3,(H,22,25)/t13-/m1/s1. The molecule has 1 saturated heterocycles. The molecule has 2 aromatic rings. The zero-order valence-corrected chi connectivity index (χ0v) is 15.3. The third-order valence-electron chi connectivity index (χ3n) is 4.35. The summed E-state index contributed by atoms with van der Waals surface area (Å²) >= 11 is 12.2. The summed E-state index contributed by atoms with van der Waals surface area (Å²) in [5.74, 6) is -0.725. The number of carbonyl (C=O) groups is 2. The van der Waals surface area contributed by atoms with E-state index in [2.05, 4.69) is 12.2 Å². The summed E-state index contributed by atoms with van der Waals surface area (Å²) in [7, 11) is 0. The molecule has 0 unspecified atom stereocenters. The maximum atomic E-state index is 12.5. The van der Waals surface area contributed by atoms with Gasteiger partial charge in [-0.2, -0.15) is 0 Å². The fourth-order valence-electron chi connectivity index (χ4n) is 2.89. The van der Waals surface area contributed by atoms with Crippen molar-refractivity contribution in [1.29, 1.82) is 0 Å². The average Bonchev–Trinajstić information content (AvgIpc) is 3.00. The van der Waals surface area contributed by atoms with Crippen molar-refractivity contribution in [3.8, 4) is 0 Å². The summed E-state index contributed by atoms with van der Waals surface area (Å²) < 4.78 is 0. The molecule has 1 atom stereocenters. The van der Waals surface area contributed by atoms with Gasteiger partial charge in [-0.1, -0.05) is 48.3 Å². The van der Waals surface area contributed by atoms with Crippen molar-refractivity contribution in [2.24, 2.45) is 5.92 Å². The highest BCUT2D eigenvalue weighted by molar-refractivity contribution is 6.44. The Morgan fingerprint density at radius 2 is 1.92 bits per heavy atom. The van der Waals surface area contributed by atoms with Crippen LogP contribution in [0.25, 0.3) is 0 Å². The molecule has 0 aromatic heterocycles. The first-order chi connectivity index (χ1) is 12.0. The minimum absolute atomic E-state index is 0.134. The van der Waals surface area contributed by atoms with E-state index in [0.717, 1.165) is 12.1 Å². The largest absolute Gasteiger partial charge is 0.326 e. The van der Waals surface area contributed by atoms with Crippen LogP contribution in [0.15, 0.2) is 42.5 Å². The Labute approximate surface area is 156 Å². The molecule has 1 heterocycles. The van der Waals surface area contributed by atoms with Crippen LogP contribution in [0.4, 0.5) is 11.4 Å². The Morgan fingerprint density at radius 3 is 2.60 bits per heavy atom. The van der Waals surface area contributed by atoms with Gasteiger partial charge in [0.1, 0.15) is 0 Å². The summed E-state index contributed by atoms with van der Waals surface area (Å²) in [4.78, 5) is 26.4. The van der Waals surface area contributed by atoms with Crippen molar-refractivity contribution in [3.05, 3.63) is 58.1 Å². The van der Waals surface area contributed by atoms with Gasteiger partial charge in [-0.05, 0) is 36.2 Å². The molecule has 1 aliphatic heterocycles. The number of benzene rings is 2. The molecule has 25 heavy (non-hydrogen) atoms. The van der Waals surface area contributed by atoms with Gasteiger partial charge in [-0.15, -0.1) is 0 Å². The van der Waals surface area contributed by atoms with E-state index in [1.807, 2.05) is 24.3 Å². The lowest BCUT2D eigenvalue weighted by atomic mass is 10.1. The molecule has 0 bridgehead atoms. The molecular weight excluding hydrogens is 359 g/mol. The average molecular weight is 377 g/mol. The smallest absolute Gasteiger partial charge is 0.229 e. The Balaban J connectivity index is 1.71. The second-order valence-corrected chi connectivity index (χ2v) is 6.80. The van der Waals surface area contributed by atoms with Crippen LogP contribution in [0.2, 0.25) is 10.0 Å². The summed E-state index contributed by atoms with van der Waals surface area (Å²) in [5, 5.41) is 3.59. The van der Waals surface area contributed by atoms with Crippen LogP contribution in [0.5, 0.6) is 0 Å². The summed E-state index contributed by atoms with van der Waals surface area (Å²) in [5.41, 5.74) is 2.48. The monoisotopic (exact) mass is 376 g/mol. The first kappa shape index (κ1) is 17.8. The molecule has 6 heteroatoms. The third-order valence-corrected chi connectivity index (χ3v) is 5.16. The molecule has 1 aliphatic rings. The topological polar surface area (TPSA) is 49.4 Å². The second-order valence-electron chi connectivity index (χ2n) is 6.02. The Morgan fingerprint density at radius 1 is 1.20 bits per heavy atom. The molecular formula is C19H18Cl2N2O2. The van der Waals surface area contributed by atoms with E-state index in [-0.39, 0.29) is 24.8 Å². The lowest BCUT2D eigenvalue weighted by molar-refractivity contribution is -0.122. The zero-order valence-electron chi connectivity index (χ0n) is 13.8. The second kappa shape index (κ2) is 7.46. The number of nitrogens with zero attached hydrogens (tertiary/aromatic N) is 1. The van der Waals surface area contributed by atoms with Crippen molar-refractivity contribution < 1.29 is 9.59 Å². The molecule has 4 nitrogen and oxygen atoms in total. The first-order valence-electron chi connectivity index (χ1n) is 8.13. The number of nitrogens with one attached hydrogen (secondary N) is 1. The number of hydrogen-bond donors (Lipinski definition) is 1. The third kappa shape index (κ3) is 3.80. The van der Waals surface area contributed by atoms with Gasteiger partial charge in [-0.25, -0.2) is 0 Å². The quantitative estimate of drug-likeness (QED) is 0.850. The summed E-state index contributed by atoms with van der Waals surface area (Å²) in [6.45, 7) is 2.37. The Kier molecular flexibility index (Phi) is 5.30. The van der Waals surface area contributed by atoms with E-state index in [1.54, 1.807) is 18.2 Å².